The molecular formula is C28H34N6O4. The predicted molar refractivity (Wildman–Crippen MR) is 148 cm³/mol. The molecule has 4 aromatic rings. The number of hydrogen-bond acceptors (Lipinski definition) is 5. The van der Waals surface area contributed by atoms with E-state index >= 15 is 0 Å². The molecule has 0 spiro atoms. The van der Waals surface area contributed by atoms with E-state index in [2.05, 4.69) is 15.7 Å². The highest BCUT2D eigenvalue weighted by Gasteiger charge is 2.21. The lowest BCUT2D eigenvalue weighted by atomic mass is 10.1. The summed E-state index contributed by atoms with van der Waals surface area (Å²) < 4.78 is 3.82. The van der Waals surface area contributed by atoms with Crippen molar-refractivity contribution in [2.45, 2.75) is 66.6 Å². The Bertz CT molecular complexity index is 1630. The average molecular weight is 519 g/mol. The summed E-state index contributed by atoms with van der Waals surface area (Å²) in [6.07, 6.45) is 1.51. The van der Waals surface area contributed by atoms with Crippen LogP contribution in [0.4, 0.5) is 5.69 Å². The molecule has 1 atom stereocenters. The zero-order valence-electron chi connectivity index (χ0n) is 22.4. The first kappa shape index (κ1) is 26.8. The molecule has 4 rings (SSSR count). The van der Waals surface area contributed by atoms with E-state index in [0.29, 0.717) is 23.2 Å². The van der Waals surface area contributed by atoms with Gasteiger partial charge in [0.05, 0.1) is 10.9 Å². The lowest BCUT2D eigenvalue weighted by Crippen LogP contribution is -2.32. The predicted octanol–water partition coefficient (Wildman–Crippen LogP) is 3.20. The first-order chi connectivity index (χ1) is 18.1. The number of amides is 2. The Balaban J connectivity index is 1.83. The van der Waals surface area contributed by atoms with E-state index in [1.54, 1.807) is 12.1 Å². The molecule has 0 saturated carbocycles. The highest BCUT2D eigenvalue weighted by Crippen LogP contribution is 2.17. The van der Waals surface area contributed by atoms with E-state index < -0.39 is 11.6 Å². The zero-order chi connectivity index (χ0) is 27.6. The largest absolute Gasteiger partial charge is 0.352 e. The lowest BCUT2D eigenvalue weighted by molar-refractivity contribution is -0.117. The minimum atomic E-state index is -0.569. The van der Waals surface area contributed by atoms with Crippen molar-refractivity contribution >= 4 is 34.2 Å². The molecule has 2 aromatic heterocycles. The van der Waals surface area contributed by atoms with Gasteiger partial charge in [0.1, 0.15) is 6.54 Å². The average Bonchev–Trinajstić information content (AvgIpc) is 3.21. The number of para-hydroxylation sites is 1. The van der Waals surface area contributed by atoms with Gasteiger partial charge in [-0.2, -0.15) is 0 Å². The van der Waals surface area contributed by atoms with Gasteiger partial charge in [-0.15, -0.1) is 5.10 Å². The van der Waals surface area contributed by atoms with Crippen molar-refractivity contribution in [3.8, 4) is 0 Å². The van der Waals surface area contributed by atoms with Crippen molar-refractivity contribution in [3.05, 3.63) is 74.4 Å². The second-order valence-electron chi connectivity index (χ2n) is 9.96. The van der Waals surface area contributed by atoms with Crippen LogP contribution in [0.5, 0.6) is 0 Å². The van der Waals surface area contributed by atoms with Crippen LogP contribution in [0, 0.1) is 5.92 Å². The third-order valence-electron chi connectivity index (χ3n) is 6.54. The highest BCUT2D eigenvalue weighted by atomic mass is 16.2. The highest BCUT2D eigenvalue weighted by molar-refractivity contribution is 5.98. The number of aromatic nitrogens is 4. The summed E-state index contributed by atoms with van der Waals surface area (Å²) in [6.45, 7) is 9.79. The molecule has 0 aliphatic heterocycles. The molecule has 1 unspecified atom stereocenters. The Kier molecular flexibility index (Phi) is 7.80. The topological polar surface area (TPSA) is 120 Å². The summed E-state index contributed by atoms with van der Waals surface area (Å²) in [6, 6.07) is 12.1. The Morgan fingerprint density at radius 1 is 1.03 bits per heavy atom. The number of aryl methyl sites for hydroxylation is 1. The molecule has 10 nitrogen and oxygen atoms in total. The van der Waals surface area contributed by atoms with Crippen LogP contribution < -0.4 is 21.9 Å². The van der Waals surface area contributed by atoms with Crippen LogP contribution in [0.15, 0.2) is 52.1 Å². The van der Waals surface area contributed by atoms with Crippen molar-refractivity contribution in [1.29, 1.82) is 0 Å². The molecular weight excluding hydrogens is 484 g/mol. The SMILES string of the molecule is CCc1ccccc1NC(=O)Cn1nc2n(CC(C)C)c(=O)c3ccc(C(=O)NC(C)CC)cc3n2c1=O. The summed E-state index contributed by atoms with van der Waals surface area (Å²) in [4.78, 5) is 52.7. The Labute approximate surface area is 220 Å². The quantitative estimate of drug-likeness (QED) is 0.353. The molecule has 10 heteroatoms. The number of benzene rings is 2. The second-order valence-corrected chi connectivity index (χ2v) is 9.96. The van der Waals surface area contributed by atoms with Crippen LogP contribution in [0.3, 0.4) is 0 Å². The molecule has 0 aliphatic rings. The van der Waals surface area contributed by atoms with Gasteiger partial charge >= 0.3 is 5.69 Å². The molecule has 0 fully saturated rings. The van der Waals surface area contributed by atoms with Gasteiger partial charge in [-0.05, 0) is 55.5 Å². The van der Waals surface area contributed by atoms with Gasteiger partial charge in [0.2, 0.25) is 11.7 Å². The van der Waals surface area contributed by atoms with Crippen molar-refractivity contribution in [2.75, 3.05) is 5.32 Å². The molecule has 0 aliphatic carbocycles. The number of rotatable bonds is 9. The fourth-order valence-corrected chi connectivity index (χ4v) is 4.38. The van der Waals surface area contributed by atoms with E-state index in [1.807, 2.05) is 58.9 Å². The van der Waals surface area contributed by atoms with E-state index in [0.717, 1.165) is 23.1 Å². The van der Waals surface area contributed by atoms with Gasteiger partial charge in [0, 0.05) is 23.8 Å². The lowest BCUT2D eigenvalue weighted by Gasteiger charge is -2.14. The molecule has 200 valence electrons. The normalized spacial score (nSPS) is 12.3. The fraction of sp³-hybridized carbons (Fsp3) is 0.393. The number of nitrogens with zero attached hydrogens (tertiary/aromatic N) is 4. The van der Waals surface area contributed by atoms with Crippen molar-refractivity contribution in [1.82, 2.24) is 24.1 Å². The molecule has 2 N–H and O–H groups in total. The van der Waals surface area contributed by atoms with Gasteiger partial charge in [-0.25, -0.2) is 13.9 Å². The maximum atomic E-state index is 13.6. The van der Waals surface area contributed by atoms with Gasteiger partial charge in [0.25, 0.3) is 11.5 Å². The Hall–Kier alpha value is -4.21. The van der Waals surface area contributed by atoms with Crippen molar-refractivity contribution in [3.63, 3.8) is 0 Å². The number of anilines is 1. The summed E-state index contributed by atoms with van der Waals surface area (Å²) in [5.74, 6) is -0.478. The van der Waals surface area contributed by atoms with Gasteiger partial charge in [-0.3, -0.25) is 19.0 Å². The second kappa shape index (κ2) is 11.0. The third kappa shape index (κ3) is 5.25. The number of carbonyl (C=O) groups is 2. The van der Waals surface area contributed by atoms with Crippen LogP contribution in [0.25, 0.3) is 16.7 Å². The standard InChI is InChI=1S/C28H34N6O4/c1-6-18(5)29-25(36)20-12-13-21-23(14-20)34-27(32(26(21)37)15-17(3)4)31-33(28(34)38)16-24(35)30-22-11-9-8-10-19(22)7-2/h8-14,17-18H,6-7,15-16H2,1-5H3,(H,29,36)(H,30,35). The van der Waals surface area contributed by atoms with Crippen LogP contribution in [-0.4, -0.2) is 36.6 Å². The van der Waals surface area contributed by atoms with E-state index in [-0.39, 0.29) is 41.3 Å². The van der Waals surface area contributed by atoms with Crippen LogP contribution in [0.1, 0.15) is 57.0 Å². The Morgan fingerprint density at radius 2 is 1.76 bits per heavy atom. The van der Waals surface area contributed by atoms with E-state index in [1.165, 1.54) is 15.0 Å². The van der Waals surface area contributed by atoms with Gasteiger partial charge < -0.3 is 10.6 Å². The first-order valence-electron chi connectivity index (χ1n) is 13.0. The molecule has 2 amide bonds. The van der Waals surface area contributed by atoms with Crippen LogP contribution in [0.2, 0.25) is 0 Å². The molecule has 0 saturated heterocycles. The molecule has 0 radical (unpaired) electrons. The number of nitrogens with one attached hydrogen (secondary N) is 2. The van der Waals surface area contributed by atoms with E-state index in [9.17, 15) is 19.2 Å². The molecule has 38 heavy (non-hydrogen) atoms. The first-order valence-corrected chi connectivity index (χ1v) is 13.0. The summed E-state index contributed by atoms with van der Waals surface area (Å²) in [5.41, 5.74) is 1.37. The van der Waals surface area contributed by atoms with Crippen molar-refractivity contribution < 1.29 is 9.59 Å². The third-order valence-corrected chi connectivity index (χ3v) is 6.54. The van der Waals surface area contributed by atoms with Gasteiger partial charge in [0.15, 0.2) is 0 Å². The van der Waals surface area contributed by atoms with Crippen LogP contribution >= 0.6 is 0 Å². The zero-order valence-corrected chi connectivity index (χ0v) is 22.4. The summed E-state index contributed by atoms with van der Waals surface area (Å²) in [5, 5.41) is 10.5. The fourth-order valence-electron chi connectivity index (χ4n) is 4.38. The van der Waals surface area contributed by atoms with E-state index in [4.69, 9.17) is 0 Å². The molecule has 0 bridgehead atoms. The molecule has 2 aromatic carbocycles. The number of hydrogen-bond donors (Lipinski definition) is 2. The minimum absolute atomic E-state index is 0.0286. The van der Waals surface area contributed by atoms with Crippen molar-refractivity contribution in [2.24, 2.45) is 5.92 Å². The smallest absolute Gasteiger partial charge is 0.350 e. The Morgan fingerprint density at radius 3 is 2.45 bits per heavy atom. The number of carbonyl (C=O) groups excluding carboxylic acids is 2. The summed E-state index contributed by atoms with van der Waals surface area (Å²) >= 11 is 0. The summed E-state index contributed by atoms with van der Waals surface area (Å²) in [7, 11) is 0. The maximum Gasteiger partial charge on any atom is 0.352 e. The number of fused-ring (bicyclic) bond motifs is 3. The monoisotopic (exact) mass is 518 g/mol. The minimum Gasteiger partial charge on any atom is -0.350 e. The van der Waals surface area contributed by atoms with Gasteiger partial charge in [-0.1, -0.05) is 45.9 Å². The van der Waals surface area contributed by atoms with Crippen LogP contribution in [-0.2, 0) is 24.3 Å². The maximum absolute atomic E-state index is 13.6. The molecule has 2 heterocycles.